The number of ketones is 1. The van der Waals surface area contributed by atoms with Gasteiger partial charge in [0, 0.05) is 19.4 Å². The van der Waals surface area contributed by atoms with Gasteiger partial charge in [-0.15, -0.1) is 0 Å². The molecule has 0 saturated heterocycles. The van der Waals surface area contributed by atoms with Crippen molar-refractivity contribution in [3.8, 4) is 0 Å². The maximum Gasteiger partial charge on any atom is 0.408 e. The topological polar surface area (TPSA) is 73.2 Å². The van der Waals surface area contributed by atoms with Crippen LogP contribution in [-0.4, -0.2) is 33.1 Å². The van der Waals surface area contributed by atoms with Crippen molar-refractivity contribution in [2.75, 3.05) is 0 Å². The number of hydrogen-bond acceptors (Lipinski definition) is 4. The lowest BCUT2D eigenvalue weighted by Crippen LogP contribution is -2.42. The minimum Gasteiger partial charge on any atom is -0.444 e. The smallest absolute Gasteiger partial charge is 0.408 e. The molecule has 1 rings (SSSR count). The highest BCUT2D eigenvalue weighted by atomic mass is 16.6. The summed E-state index contributed by atoms with van der Waals surface area (Å²) in [7, 11) is 1.72. The Morgan fingerprint density at radius 3 is 2.50 bits per heavy atom. The number of aryl methyl sites for hydroxylation is 1. The molecule has 100 valence electrons. The van der Waals surface area contributed by atoms with Gasteiger partial charge in [-0.1, -0.05) is 0 Å². The lowest BCUT2D eigenvalue weighted by Gasteiger charge is -2.21. The van der Waals surface area contributed by atoms with Crippen LogP contribution in [0.5, 0.6) is 0 Å². The van der Waals surface area contributed by atoms with E-state index in [9.17, 15) is 9.59 Å². The van der Waals surface area contributed by atoms with Gasteiger partial charge in [0.2, 0.25) is 5.78 Å². The summed E-state index contributed by atoms with van der Waals surface area (Å²) >= 11 is 0. The second kappa shape index (κ2) is 5.20. The first-order valence-electron chi connectivity index (χ1n) is 5.72. The van der Waals surface area contributed by atoms with E-state index in [0.29, 0.717) is 5.82 Å². The normalized spacial score (nSPS) is 12.9. The van der Waals surface area contributed by atoms with E-state index in [2.05, 4.69) is 10.3 Å². The zero-order valence-corrected chi connectivity index (χ0v) is 11.4. The zero-order valence-electron chi connectivity index (χ0n) is 11.4. The molecule has 0 fully saturated rings. The Labute approximate surface area is 106 Å². The van der Waals surface area contributed by atoms with E-state index in [-0.39, 0.29) is 5.78 Å². The van der Waals surface area contributed by atoms with Crippen LogP contribution in [0.2, 0.25) is 0 Å². The minimum absolute atomic E-state index is 0.256. The van der Waals surface area contributed by atoms with Crippen molar-refractivity contribution in [1.29, 1.82) is 0 Å². The molecule has 0 spiro atoms. The van der Waals surface area contributed by atoms with Crippen LogP contribution in [0.3, 0.4) is 0 Å². The first-order chi connectivity index (χ1) is 8.20. The van der Waals surface area contributed by atoms with Gasteiger partial charge in [0.1, 0.15) is 5.60 Å². The van der Waals surface area contributed by atoms with Crippen molar-refractivity contribution in [2.45, 2.75) is 39.3 Å². The number of ether oxygens (including phenoxy) is 1. The van der Waals surface area contributed by atoms with Crippen molar-refractivity contribution in [1.82, 2.24) is 14.9 Å². The Morgan fingerprint density at radius 2 is 2.06 bits per heavy atom. The fourth-order valence-corrected chi connectivity index (χ4v) is 1.35. The molecule has 1 atom stereocenters. The Kier molecular flexibility index (Phi) is 4.11. The predicted molar refractivity (Wildman–Crippen MR) is 66.4 cm³/mol. The lowest BCUT2D eigenvalue weighted by molar-refractivity contribution is 0.0495. The molecule has 0 aliphatic carbocycles. The van der Waals surface area contributed by atoms with Gasteiger partial charge in [-0.25, -0.2) is 9.78 Å². The average molecular weight is 253 g/mol. The van der Waals surface area contributed by atoms with Crippen molar-refractivity contribution >= 4 is 11.9 Å². The number of nitrogens with zero attached hydrogens (tertiary/aromatic N) is 2. The molecular weight excluding hydrogens is 234 g/mol. The highest BCUT2D eigenvalue weighted by molar-refractivity contribution is 5.98. The number of alkyl carbamates (subject to hydrolysis) is 1. The van der Waals surface area contributed by atoms with Crippen molar-refractivity contribution in [3.05, 3.63) is 18.2 Å². The van der Waals surface area contributed by atoms with Crippen LogP contribution in [0.15, 0.2) is 12.4 Å². The molecule has 18 heavy (non-hydrogen) atoms. The maximum absolute atomic E-state index is 12.0. The molecule has 0 unspecified atom stereocenters. The van der Waals surface area contributed by atoms with Crippen LogP contribution >= 0.6 is 0 Å². The summed E-state index contributed by atoms with van der Waals surface area (Å²) in [5.74, 6) is 0.0481. The van der Waals surface area contributed by atoms with Gasteiger partial charge in [0.25, 0.3) is 0 Å². The molecular formula is C12H19N3O3. The Bertz CT molecular complexity index is 446. The van der Waals surface area contributed by atoms with Crippen molar-refractivity contribution in [2.24, 2.45) is 7.05 Å². The number of Topliss-reactive ketones (excluding diaryl/α,β-unsaturated/α-hetero) is 1. The number of carbonyl (C=O) groups excluding carboxylic acids is 2. The van der Waals surface area contributed by atoms with Crippen LogP contribution in [-0.2, 0) is 11.8 Å². The van der Waals surface area contributed by atoms with Crippen LogP contribution in [0, 0.1) is 0 Å². The summed E-state index contributed by atoms with van der Waals surface area (Å²) in [5, 5.41) is 2.49. The van der Waals surface area contributed by atoms with Gasteiger partial charge in [-0.3, -0.25) is 4.79 Å². The largest absolute Gasteiger partial charge is 0.444 e. The van der Waals surface area contributed by atoms with Gasteiger partial charge < -0.3 is 14.6 Å². The van der Waals surface area contributed by atoms with Gasteiger partial charge >= 0.3 is 6.09 Å². The molecule has 1 aromatic heterocycles. The summed E-state index contributed by atoms with van der Waals surface area (Å²) in [6, 6.07) is -0.680. The van der Waals surface area contributed by atoms with Gasteiger partial charge in [-0.05, 0) is 27.7 Å². The molecule has 1 N–H and O–H groups in total. The summed E-state index contributed by atoms with van der Waals surface area (Å²) in [5.41, 5.74) is -0.587. The molecule has 6 nitrogen and oxygen atoms in total. The molecule has 0 aromatic carbocycles. The highest BCUT2D eigenvalue weighted by Crippen LogP contribution is 2.07. The maximum atomic E-state index is 12.0. The second-order valence-electron chi connectivity index (χ2n) is 5.09. The Hall–Kier alpha value is -1.85. The highest BCUT2D eigenvalue weighted by Gasteiger charge is 2.23. The summed E-state index contributed by atoms with van der Waals surface area (Å²) in [6.45, 7) is 6.88. The van der Waals surface area contributed by atoms with E-state index in [1.165, 1.54) is 6.20 Å². The first kappa shape index (κ1) is 14.2. The van der Waals surface area contributed by atoms with Crippen LogP contribution in [0.1, 0.15) is 38.3 Å². The number of imidazole rings is 1. The molecule has 6 heteroatoms. The Morgan fingerprint density at radius 1 is 1.44 bits per heavy atom. The monoisotopic (exact) mass is 253 g/mol. The SMILES string of the molecule is C[C@@H](NC(=O)OC(C)(C)C)C(=O)c1nccn1C. The quantitative estimate of drug-likeness (QED) is 0.829. The summed E-state index contributed by atoms with van der Waals surface area (Å²) in [6.07, 6.45) is 2.60. The molecule has 0 aliphatic rings. The first-order valence-corrected chi connectivity index (χ1v) is 5.72. The number of aromatic nitrogens is 2. The van der Waals surface area contributed by atoms with Gasteiger partial charge in [0.15, 0.2) is 5.82 Å². The number of hydrogen-bond donors (Lipinski definition) is 1. The predicted octanol–water partition coefficient (Wildman–Crippen LogP) is 1.52. The van der Waals surface area contributed by atoms with E-state index >= 15 is 0 Å². The number of carbonyl (C=O) groups is 2. The van der Waals surface area contributed by atoms with Crippen LogP contribution in [0.4, 0.5) is 4.79 Å². The molecule has 1 heterocycles. The molecule has 0 saturated carbocycles. The number of amides is 1. The van der Waals surface area contributed by atoms with Gasteiger partial charge in [0.05, 0.1) is 6.04 Å². The molecule has 0 aliphatic heterocycles. The number of nitrogens with one attached hydrogen (secondary N) is 1. The van der Waals surface area contributed by atoms with Crippen LogP contribution in [0.25, 0.3) is 0 Å². The molecule has 0 radical (unpaired) electrons. The second-order valence-corrected chi connectivity index (χ2v) is 5.09. The van der Waals surface area contributed by atoms with Crippen molar-refractivity contribution < 1.29 is 14.3 Å². The van der Waals surface area contributed by atoms with Gasteiger partial charge in [-0.2, -0.15) is 0 Å². The zero-order chi connectivity index (χ0) is 13.9. The molecule has 0 bridgehead atoms. The third kappa shape index (κ3) is 3.87. The third-order valence-electron chi connectivity index (χ3n) is 2.17. The lowest BCUT2D eigenvalue weighted by atomic mass is 10.2. The third-order valence-corrected chi connectivity index (χ3v) is 2.17. The van der Waals surface area contributed by atoms with E-state index in [1.54, 1.807) is 45.5 Å². The summed E-state index contributed by atoms with van der Waals surface area (Å²) in [4.78, 5) is 27.4. The van der Waals surface area contributed by atoms with E-state index in [0.717, 1.165) is 0 Å². The molecule has 1 amide bonds. The molecule has 1 aromatic rings. The fourth-order valence-electron chi connectivity index (χ4n) is 1.35. The standard InChI is InChI=1S/C12H19N3O3/c1-8(14-11(17)18-12(2,3)4)9(16)10-13-6-7-15(10)5/h6-8H,1-5H3,(H,14,17)/t8-/m1/s1. The van der Waals surface area contributed by atoms with E-state index in [1.807, 2.05) is 0 Å². The summed E-state index contributed by atoms with van der Waals surface area (Å²) < 4.78 is 6.68. The van der Waals surface area contributed by atoms with Crippen LogP contribution < -0.4 is 5.32 Å². The van der Waals surface area contributed by atoms with E-state index < -0.39 is 17.7 Å². The average Bonchev–Trinajstić information content (AvgIpc) is 2.60. The van der Waals surface area contributed by atoms with Crippen molar-refractivity contribution in [3.63, 3.8) is 0 Å². The van der Waals surface area contributed by atoms with E-state index in [4.69, 9.17) is 4.74 Å². The number of rotatable bonds is 3. The fraction of sp³-hybridized carbons (Fsp3) is 0.583. The minimum atomic E-state index is -0.680. The Balaban J connectivity index is 2.61.